The number of ether oxygens (including phenoxy) is 1. The summed E-state index contributed by atoms with van der Waals surface area (Å²) in [6.45, 7) is -2.60. The van der Waals surface area contributed by atoms with E-state index >= 15 is 0 Å². The summed E-state index contributed by atoms with van der Waals surface area (Å²) in [7, 11) is 0. The Bertz CT molecular complexity index is 4590. The summed E-state index contributed by atoms with van der Waals surface area (Å²) in [5, 5.41) is 3.29. The maximum atomic E-state index is 9.04. The van der Waals surface area contributed by atoms with E-state index in [1.165, 1.54) is 6.20 Å². The van der Waals surface area contributed by atoms with Gasteiger partial charge in [-0.3, -0.25) is 9.13 Å². The third-order valence-electron chi connectivity index (χ3n) is 11.8. The number of hydrogen-bond donors (Lipinski definition) is 0. The van der Waals surface area contributed by atoms with Crippen LogP contribution in [-0.4, -0.2) is 28.7 Å². The first-order valence-electron chi connectivity index (χ1n) is 27.6. The minimum Gasteiger partial charge on any atom is -0.510 e. The van der Waals surface area contributed by atoms with Crippen LogP contribution >= 0.6 is 0 Å². The zero-order valence-electron chi connectivity index (χ0n) is 48.2. The van der Waals surface area contributed by atoms with E-state index in [1.807, 2.05) is 65.2 Å². The predicted molar refractivity (Wildman–Crippen MR) is 266 cm³/mol. The number of aryl methyl sites for hydroxylation is 1. The first-order valence-corrected chi connectivity index (χ1v) is 21.1. The number of para-hydroxylation sites is 4. The number of fused-ring (bicyclic) bond motifs is 7. The van der Waals surface area contributed by atoms with Crippen molar-refractivity contribution in [2.45, 2.75) is 6.85 Å². The second-order valence-electron chi connectivity index (χ2n) is 15.5. The molecule has 13 aromatic rings. The van der Waals surface area contributed by atoms with Crippen molar-refractivity contribution in [2.75, 3.05) is 0 Å². The first-order chi connectivity index (χ1) is 38.5. The van der Waals surface area contributed by atoms with Gasteiger partial charge < -0.3 is 13.9 Å². The van der Waals surface area contributed by atoms with Gasteiger partial charge in [0.1, 0.15) is 17.1 Å². The van der Waals surface area contributed by atoms with Crippen molar-refractivity contribution in [3.05, 3.63) is 230 Å². The molecule has 6 aromatic heterocycles. The average molecular weight is 1070 g/mol. The van der Waals surface area contributed by atoms with Gasteiger partial charge in [0.2, 0.25) is 0 Å². The van der Waals surface area contributed by atoms with Crippen molar-refractivity contribution in [3.8, 4) is 56.6 Å². The molecule has 9 heteroatoms. The summed E-state index contributed by atoms with van der Waals surface area (Å²) in [5.41, 5.74) is 4.17. The van der Waals surface area contributed by atoms with Crippen LogP contribution < -0.4 is 9.30 Å². The summed E-state index contributed by atoms with van der Waals surface area (Å²) in [6.07, 6.45) is 8.22. The predicted octanol–water partition coefficient (Wildman–Crippen LogP) is 13.1. The topological polar surface area (TPSA) is 66.6 Å². The summed E-state index contributed by atoms with van der Waals surface area (Å²) in [5.74, 6) is 0.872. The minimum atomic E-state index is -2.60. The van der Waals surface area contributed by atoms with Gasteiger partial charge >= 0.3 is 0 Å². The molecule has 0 bridgehead atoms. The van der Waals surface area contributed by atoms with Crippen molar-refractivity contribution >= 4 is 54.9 Å². The van der Waals surface area contributed by atoms with Crippen LogP contribution in [0.25, 0.3) is 100 Å². The Kier molecular flexibility index (Phi) is 7.21. The fourth-order valence-electron chi connectivity index (χ4n) is 8.91. The Labute approximate surface area is 424 Å². The van der Waals surface area contributed by atoms with E-state index in [0.717, 1.165) is 27.1 Å². The van der Waals surface area contributed by atoms with Gasteiger partial charge in [-0.2, -0.15) is 18.2 Å². The standard InChI is InChI=1S/C59H37N7O.Pt/c1-39-34-56(62-37-55(39)66-58-49(25-14-32-60-58)50-26-15-33-61-59(50)66)65-51-27-9-8-22-47(51)48-31-30-44(36-54(48)65)67-43-21-12-20-42(35-43)63-38-64(53-29-11-10-28-52(53)63)57-45(40-16-4-2-5-17-40)23-13-24-46(57)41-18-6-3-7-19-41;/h2-34,37H,1H3;/q-2;/i1D3,2D,3D,4D,5D,6D,7D,16D,17D,18D,19D;. The number of rotatable bonds is 8. The molecule has 326 valence electrons. The Balaban J connectivity index is 0.00000651. The van der Waals surface area contributed by atoms with Crippen molar-refractivity contribution in [1.82, 2.24) is 28.7 Å². The maximum Gasteiger partial charge on any atom is 0.268 e. The number of pyridine rings is 3. The van der Waals surface area contributed by atoms with Gasteiger partial charge in [-0.1, -0.05) is 127 Å². The van der Waals surface area contributed by atoms with Gasteiger partial charge in [0, 0.05) is 65.4 Å². The first kappa shape index (κ1) is 29.2. The van der Waals surface area contributed by atoms with Crippen molar-refractivity contribution in [3.63, 3.8) is 0 Å². The van der Waals surface area contributed by atoms with Crippen molar-refractivity contribution in [2.24, 2.45) is 0 Å². The number of imidazole rings is 1. The van der Waals surface area contributed by atoms with Crippen LogP contribution in [0, 0.1) is 25.3 Å². The quantitative estimate of drug-likeness (QED) is 0.112. The van der Waals surface area contributed by atoms with Gasteiger partial charge in [0.15, 0.2) is 0 Å². The zero-order chi connectivity index (χ0) is 55.6. The summed E-state index contributed by atoms with van der Waals surface area (Å²) >= 11 is 0. The molecule has 0 spiro atoms. The van der Waals surface area contributed by atoms with E-state index in [1.54, 1.807) is 92.8 Å². The van der Waals surface area contributed by atoms with Crippen molar-refractivity contribution in [1.29, 1.82) is 0 Å². The zero-order valence-corrected chi connectivity index (χ0v) is 37.5. The molecule has 0 N–H and O–H groups in total. The van der Waals surface area contributed by atoms with E-state index in [4.69, 9.17) is 27.5 Å². The molecule has 0 saturated carbocycles. The number of hydrogen-bond acceptors (Lipinski definition) is 4. The van der Waals surface area contributed by atoms with Gasteiger partial charge in [-0.15, -0.1) is 29.7 Å². The smallest absolute Gasteiger partial charge is 0.268 e. The molecule has 68 heavy (non-hydrogen) atoms. The monoisotopic (exact) mass is 1070 g/mol. The third kappa shape index (κ3) is 6.71. The van der Waals surface area contributed by atoms with Crippen molar-refractivity contribution < 1.29 is 48.2 Å². The second kappa shape index (κ2) is 16.8. The summed E-state index contributed by atoms with van der Waals surface area (Å²) in [4.78, 5) is 14.2. The fourth-order valence-corrected chi connectivity index (χ4v) is 8.91. The normalized spacial score (nSPS) is 14.4. The third-order valence-corrected chi connectivity index (χ3v) is 11.8. The van der Waals surface area contributed by atoms with Crippen LogP contribution in [0.4, 0.5) is 0 Å². The second-order valence-corrected chi connectivity index (χ2v) is 15.5. The molecular formula is C59H37N7OPt-2. The molecule has 0 radical (unpaired) electrons. The van der Waals surface area contributed by atoms with Crippen LogP contribution in [0.2, 0.25) is 0 Å². The van der Waals surface area contributed by atoms with E-state index < -0.39 is 67.3 Å². The Hall–Kier alpha value is -8.45. The summed E-state index contributed by atoms with van der Waals surface area (Å²) < 4.78 is 127. The molecule has 13 rings (SSSR count). The van der Waals surface area contributed by atoms with Crippen LogP contribution in [0.5, 0.6) is 11.5 Å². The molecule has 0 aliphatic heterocycles. The Morgan fingerprint density at radius 2 is 1.24 bits per heavy atom. The summed E-state index contributed by atoms with van der Waals surface area (Å²) in [6, 6.07) is 38.7. The molecule has 0 fully saturated rings. The number of benzene rings is 7. The molecule has 0 aliphatic carbocycles. The fraction of sp³-hybridized carbons (Fsp3) is 0.0169. The molecule has 0 unspecified atom stereocenters. The SMILES string of the molecule is [2H]c1c([2H])c([2H])c(-c2cccc(-c3c([2H])c([2H])c([2H])c([2H])c3[2H])c2-[n+]2[c-]n(-c3[c-]c(Oc4[c-]c5c(cc4)c4ccccc4n5-c4cc(C([2H])([2H])[2H])c(-n5c6ncccc6c6cccnc65)cn4)ccc3)c3ccccc32)c([2H])c1[2H].[Pt]. The van der Waals surface area contributed by atoms with Gasteiger partial charge in [0.05, 0.1) is 42.3 Å². The van der Waals surface area contributed by atoms with Gasteiger partial charge in [0.25, 0.3) is 6.33 Å². The Morgan fingerprint density at radius 1 is 0.588 bits per heavy atom. The molecule has 0 saturated heterocycles. The van der Waals surface area contributed by atoms with E-state index in [9.17, 15) is 0 Å². The van der Waals surface area contributed by atoms with Crippen LogP contribution in [0.1, 0.15) is 23.4 Å². The average Bonchev–Trinajstić information content (AvgIpc) is 4.20. The molecule has 8 nitrogen and oxygen atoms in total. The minimum absolute atomic E-state index is 0. The molecule has 0 aliphatic rings. The van der Waals surface area contributed by atoms with Crippen LogP contribution in [0.3, 0.4) is 0 Å². The van der Waals surface area contributed by atoms with Crippen LogP contribution in [0.15, 0.2) is 206 Å². The van der Waals surface area contributed by atoms with Gasteiger partial charge in [-0.05, 0) is 82.1 Å². The van der Waals surface area contributed by atoms with Crippen LogP contribution in [-0.2, 0) is 21.1 Å². The molecular weight excluding hydrogens is 1020 g/mol. The van der Waals surface area contributed by atoms with E-state index in [-0.39, 0.29) is 66.1 Å². The van der Waals surface area contributed by atoms with E-state index in [0.29, 0.717) is 45.0 Å². The largest absolute Gasteiger partial charge is 0.510 e. The number of aromatic nitrogens is 7. The maximum absolute atomic E-state index is 9.04. The Morgan fingerprint density at radius 3 is 1.96 bits per heavy atom. The molecule has 0 amide bonds. The van der Waals surface area contributed by atoms with E-state index in [2.05, 4.69) is 28.4 Å². The van der Waals surface area contributed by atoms with Gasteiger partial charge in [-0.25, -0.2) is 15.0 Å². The molecule has 7 aromatic carbocycles. The number of nitrogens with zero attached hydrogens (tertiary/aromatic N) is 7. The molecule has 6 heterocycles. The molecule has 0 atom stereocenters.